The van der Waals surface area contributed by atoms with Crippen molar-refractivity contribution in [3.63, 3.8) is 0 Å². The molecule has 4 atom stereocenters. The van der Waals surface area contributed by atoms with Gasteiger partial charge in [0.1, 0.15) is 6.10 Å². The number of likely N-dealkylation sites (tertiary alicyclic amines) is 1. The van der Waals surface area contributed by atoms with Crippen LogP contribution in [-0.4, -0.2) is 36.1 Å². The van der Waals surface area contributed by atoms with Gasteiger partial charge in [-0.15, -0.1) is 0 Å². The highest BCUT2D eigenvalue weighted by Gasteiger charge is 2.41. The highest BCUT2D eigenvalue weighted by Crippen LogP contribution is 2.38. The molecule has 114 valence electrons. The zero-order chi connectivity index (χ0) is 14.8. The Morgan fingerprint density at radius 2 is 1.90 bits per heavy atom. The SMILES string of the molecule is CC1CCC2C(OC(=O)c3ccccc3)CCCC2N1C. The second-order valence-electron chi connectivity index (χ2n) is 6.56. The molecule has 3 heteroatoms. The maximum Gasteiger partial charge on any atom is 0.338 e. The molecule has 1 aromatic rings. The van der Waals surface area contributed by atoms with Crippen LogP contribution >= 0.6 is 0 Å². The summed E-state index contributed by atoms with van der Waals surface area (Å²) in [7, 11) is 2.23. The minimum atomic E-state index is -0.164. The highest BCUT2D eigenvalue weighted by atomic mass is 16.5. The molecule has 0 radical (unpaired) electrons. The number of hydrogen-bond donors (Lipinski definition) is 0. The maximum atomic E-state index is 12.3. The van der Waals surface area contributed by atoms with E-state index >= 15 is 0 Å². The summed E-state index contributed by atoms with van der Waals surface area (Å²) in [5, 5.41) is 0. The average molecular weight is 287 g/mol. The van der Waals surface area contributed by atoms with Gasteiger partial charge in [-0.05, 0) is 58.2 Å². The number of benzene rings is 1. The predicted molar refractivity (Wildman–Crippen MR) is 83.2 cm³/mol. The third-order valence-corrected chi connectivity index (χ3v) is 5.36. The molecule has 1 aliphatic carbocycles. The van der Waals surface area contributed by atoms with E-state index in [1.165, 1.54) is 19.3 Å². The molecule has 1 saturated carbocycles. The number of nitrogens with zero attached hydrogens (tertiary/aromatic N) is 1. The van der Waals surface area contributed by atoms with Gasteiger partial charge in [-0.25, -0.2) is 4.79 Å². The van der Waals surface area contributed by atoms with Crippen molar-refractivity contribution < 1.29 is 9.53 Å². The fraction of sp³-hybridized carbons (Fsp3) is 0.611. The average Bonchev–Trinajstić information content (AvgIpc) is 2.52. The van der Waals surface area contributed by atoms with Gasteiger partial charge >= 0.3 is 5.97 Å². The van der Waals surface area contributed by atoms with Crippen molar-refractivity contribution in [1.29, 1.82) is 0 Å². The van der Waals surface area contributed by atoms with Gasteiger partial charge in [0.05, 0.1) is 5.56 Å². The number of piperidine rings is 1. The highest BCUT2D eigenvalue weighted by molar-refractivity contribution is 5.89. The molecule has 3 rings (SSSR count). The van der Waals surface area contributed by atoms with Gasteiger partial charge in [0.15, 0.2) is 0 Å². The summed E-state index contributed by atoms with van der Waals surface area (Å²) in [6.45, 7) is 2.30. The minimum absolute atomic E-state index is 0.0893. The third kappa shape index (κ3) is 2.98. The van der Waals surface area contributed by atoms with Crippen molar-refractivity contribution in [3.05, 3.63) is 35.9 Å². The van der Waals surface area contributed by atoms with E-state index in [4.69, 9.17) is 4.74 Å². The molecule has 21 heavy (non-hydrogen) atoms. The van der Waals surface area contributed by atoms with Crippen LogP contribution in [0, 0.1) is 5.92 Å². The van der Waals surface area contributed by atoms with Crippen molar-refractivity contribution in [2.24, 2.45) is 5.92 Å². The number of ether oxygens (including phenoxy) is 1. The summed E-state index contributed by atoms with van der Waals surface area (Å²) in [6, 6.07) is 10.6. The molecule has 0 N–H and O–H groups in total. The number of carbonyl (C=O) groups excluding carboxylic acids is 1. The Labute approximate surface area is 127 Å². The molecule has 0 aromatic heterocycles. The second-order valence-corrected chi connectivity index (χ2v) is 6.56. The van der Waals surface area contributed by atoms with Gasteiger partial charge in [-0.3, -0.25) is 0 Å². The quantitative estimate of drug-likeness (QED) is 0.780. The normalized spacial score (nSPS) is 33.2. The Morgan fingerprint density at radius 3 is 2.67 bits per heavy atom. The van der Waals surface area contributed by atoms with E-state index in [1.807, 2.05) is 30.3 Å². The summed E-state index contributed by atoms with van der Waals surface area (Å²) in [5.74, 6) is 0.343. The van der Waals surface area contributed by atoms with Crippen molar-refractivity contribution in [3.8, 4) is 0 Å². The lowest BCUT2D eigenvalue weighted by molar-refractivity contribution is -0.0517. The monoisotopic (exact) mass is 287 g/mol. The number of rotatable bonds is 2. The van der Waals surface area contributed by atoms with Crippen LogP contribution in [0.4, 0.5) is 0 Å². The smallest absolute Gasteiger partial charge is 0.338 e. The van der Waals surface area contributed by atoms with Crippen molar-refractivity contribution in [2.45, 2.75) is 57.2 Å². The van der Waals surface area contributed by atoms with Gasteiger partial charge in [0, 0.05) is 18.0 Å². The first-order chi connectivity index (χ1) is 10.2. The first kappa shape index (κ1) is 14.6. The van der Waals surface area contributed by atoms with Crippen LogP contribution in [0.2, 0.25) is 0 Å². The Bertz CT molecular complexity index is 487. The lowest BCUT2D eigenvalue weighted by Gasteiger charge is -2.48. The number of fused-ring (bicyclic) bond motifs is 1. The third-order valence-electron chi connectivity index (χ3n) is 5.36. The molecule has 2 aliphatic rings. The van der Waals surface area contributed by atoms with E-state index in [2.05, 4.69) is 18.9 Å². The maximum absolute atomic E-state index is 12.3. The van der Waals surface area contributed by atoms with Crippen LogP contribution in [-0.2, 0) is 4.74 Å². The van der Waals surface area contributed by atoms with Gasteiger partial charge in [0.25, 0.3) is 0 Å². The van der Waals surface area contributed by atoms with E-state index in [1.54, 1.807) is 0 Å². The molecular weight excluding hydrogens is 262 g/mol. The fourth-order valence-corrected chi connectivity index (χ4v) is 3.98. The molecule has 2 fully saturated rings. The van der Waals surface area contributed by atoms with Gasteiger partial charge < -0.3 is 9.64 Å². The summed E-state index contributed by atoms with van der Waals surface area (Å²) >= 11 is 0. The van der Waals surface area contributed by atoms with Gasteiger partial charge in [0.2, 0.25) is 0 Å². The zero-order valence-corrected chi connectivity index (χ0v) is 13.0. The first-order valence-electron chi connectivity index (χ1n) is 8.15. The molecule has 1 saturated heterocycles. The summed E-state index contributed by atoms with van der Waals surface area (Å²) in [6.07, 6.45) is 5.89. The summed E-state index contributed by atoms with van der Waals surface area (Å²) in [4.78, 5) is 14.8. The van der Waals surface area contributed by atoms with Crippen LogP contribution in [0.3, 0.4) is 0 Å². The van der Waals surface area contributed by atoms with Gasteiger partial charge in [-0.2, -0.15) is 0 Å². The number of hydrogen-bond acceptors (Lipinski definition) is 3. The molecule has 1 aliphatic heterocycles. The Morgan fingerprint density at radius 1 is 1.14 bits per heavy atom. The second kappa shape index (κ2) is 6.18. The molecule has 0 spiro atoms. The van der Waals surface area contributed by atoms with Crippen LogP contribution in [0.5, 0.6) is 0 Å². The Hall–Kier alpha value is -1.35. The van der Waals surface area contributed by atoms with Crippen LogP contribution in [0.25, 0.3) is 0 Å². The topological polar surface area (TPSA) is 29.5 Å². The number of esters is 1. The van der Waals surface area contributed by atoms with E-state index in [9.17, 15) is 4.79 Å². The summed E-state index contributed by atoms with van der Waals surface area (Å²) in [5.41, 5.74) is 0.664. The Kier molecular flexibility index (Phi) is 4.29. The van der Waals surface area contributed by atoms with Crippen LogP contribution in [0.1, 0.15) is 49.4 Å². The molecule has 0 amide bonds. The molecule has 1 aromatic carbocycles. The standard InChI is InChI=1S/C18H25NO2/c1-13-11-12-15-16(19(13)2)9-6-10-17(15)21-18(20)14-7-4-3-5-8-14/h3-5,7-8,13,15-17H,6,9-12H2,1-2H3. The van der Waals surface area contributed by atoms with E-state index in [-0.39, 0.29) is 12.1 Å². The van der Waals surface area contributed by atoms with Crippen LogP contribution in [0.15, 0.2) is 30.3 Å². The predicted octanol–water partition coefficient (Wildman–Crippen LogP) is 3.49. The molecular formula is C18H25NO2. The fourth-order valence-electron chi connectivity index (χ4n) is 3.98. The van der Waals surface area contributed by atoms with Crippen LogP contribution < -0.4 is 0 Å². The zero-order valence-electron chi connectivity index (χ0n) is 13.0. The lowest BCUT2D eigenvalue weighted by Crippen LogP contribution is -2.53. The minimum Gasteiger partial charge on any atom is -0.458 e. The first-order valence-corrected chi connectivity index (χ1v) is 8.15. The van der Waals surface area contributed by atoms with Crippen molar-refractivity contribution >= 4 is 5.97 Å². The van der Waals surface area contributed by atoms with Crippen molar-refractivity contribution in [2.75, 3.05) is 7.05 Å². The molecule has 3 nitrogen and oxygen atoms in total. The largest absolute Gasteiger partial charge is 0.458 e. The van der Waals surface area contributed by atoms with E-state index < -0.39 is 0 Å². The molecule has 1 heterocycles. The van der Waals surface area contributed by atoms with Crippen molar-refractivity contribution in [1.82, 2.24) is 4.90 Å². The lowest BCUT2D eigenvalue weighted by atomic mass is 9.75. The van der Waals surface area contributed by atoms with E-state index in [0.29, 0.717) is 23.6 Å². The molecule has 4 unspecified atom stereocenters. The van der Waals surface area contributed by atoms with Gasteiger partial charge in [-0.1, -0.05) is 18.2 Å². The molecule has 0 bridgehead atoms. The Balaban J connectivity index is 1.69. The number of carbonyl (C=O) groups is 1. The summed E-state index contributed by atoms with van der Waals surface area (Å²) < 4.78 is 5.86. The van der Waals surface area contributed by atoms with E-state index in [0.717, 1.165) is 12.8 Å².